The molecule has 0 aliphatic carbocycles. The minimum atomic E-state index is 0.554. The second-order valence-corrected chi connectivity index (χ2v) is 2.82. The van der Waals surface area contributed by atoms with Gasteiger partial charge in [-0.2, -0.15) is 5.10 Å². The molecule has 0 bridgehead atoms. The van der Waals surface area contributed by atoms with Gasteiger partial charge in [-0.15, -0.1) is 5.10 Å². The summed E-state index contributed by atoms with van der Waals surface area (Å²) in [5, 5.41) is 7.67. The first-order valence-electron chi connectivity index (χ1n) is 4.33. The number of aromatic nitrogens is 2. The molecule has 1 heterocycles. The van der Waals surface area contributed by atoms with Crippen molar-refractivity contribution in [2.24, 2.45) is 0 Å². The molecule has 2 rings (SSSR count). The molecule has 0 aliphatic heterocycles. The molecule has 3 heteroatoms. The largest absolute Gasteiger partial charge is 0.479 e. The van der Waals surface area contributed by atoms with Crippen LogP contribution in [0.3, 0.4) is 0 Å². The topological polar surface area (TPSA) is 35.0 Å². The maximum Gasteiger partial charge on any atom is 0.241 e. The third-order valence-electron chi connectivity index (χ3n) is 1.96. The van der Waals surface area contributed by atoms with Crippen LogP contribution >= 0.6 is 0 Å². The van der Waals surface area contributed by atoms with Gasteiger partial charge in [0, 0.05) is 5.56 Å². The summed E-state index contributed by atoms with van der Waals surface area (Å²) in [5.74, 6) is 0.554. The fraction of sp³-hybridized carbons (Fsp3) is 0.0909. The lowest BCUT2D eigenvalue weighted by molar-refractivity contribution is 0.394. The lowest BCUT2D eigenvalue weighted by Gasteiger charge is -2.04. The molecule has 1 aromatic heterocycles. The van der Waals surface area contributed by atoms with Crippen molar-refractivity contribution in [1.29, 1.82) is 0 Å². The predicted octanol–water partition coefficient (Wildman–Crippen LogP) is 2.15. The normalized spacial score (nSPS) is 9.79. The lowest BCUT2D eigenvalue weighted by Crippen LogP contribution is -1.92. The van der Waals surface area contributed by atoms with E-state index in [1.54, 1.807) is 13.3 Å². The summed E-state index contributed by atoms with van der Waals surface area (Å²) in [6, 6.07) is 11.9. The highest BCUT2D eigenvalue weighted by Crippen LogP contribution is 2.25. The Bertz CT molecular complexity index is 415. The van der Waals surface area contributed by atoms with E-state index in [2.05, 4.69) is 10.2 Å². The Labute approximate surface area is 82.4 Å². The summed E-state index contributed by atoms with van der Waals surface area (Å²) in [7, 11) is 1.59. The second-order valence-electron chi connectivity index (χ2n) is 2.82. The van der Waals surface area contributed by atoms with E-state index >= 15 is 0 Å². The zero-order valence-electron chi connectivity index (χ0n) is 7.84. The van der Waals surface area contributed by atoms with Crippen molar-refractivity contribution in [2.75, 3.05) is 7.11 Å². The average Bonchev–Trinajstić information content (AvgIpc) is 2.30. The van der Waals surface area contributed by atoms with Gasteiger partial charge >= 0.3 is 0 Å². The maximum absolute atomic E-state index is 5.13. The minimum Gasteiger partial charge on any atom is -0.479 e. The first-order valence-corrected chi connectivity index (χ1v) is 4.33. The van der Waals surface area contributed by atoms with E-state index in [1.165, 1.54) is 0 Å². The number of methoxy groups -OCH3 is 1. The van der Waals surface area contributed by atoms with Gasteiger partial charge in [0.05, 0.1) is 13.3 Å². The fourth-order valence-electron chi connectivity index (χ4n) is 1.31. The van der Waals surface area contributed by atoms with Crippen LogP contribution in [-0.2, 0) is 0 Å². The van der Waals surface area contributed by atoms with Crippen molar-refractivity contribution >= 4 is 0 Å². The summed E-state index contributed by atoms with van der Waals surface area (Å²) in [6.45, 7) is 0. The van der Waals surface area contributed by atoms with E-state index in [4.69, 9.17) is 4.74 Å². The van der Waals surface area contributed by atoms with Crippen molar-refractivity contribution in [3.8, 4) is 17.0 Å². The molecule has 0 fully saturated rings. The molecular formula is C11H10N2O. The standard InChI is InChI=1S/C11H10N2O/c1-14-11-10(7-8-12-13-11)9-5-3-2-4-6-9/h2-8H,1H3. The Morgan fingerprint density at radius 3 is 2.57 bits per heavy atom. The number of benzene rings is 1. The molecule has 2 aromatic rings. The number of ether oxygens (including phenoxy) is 1. The molecule has 0 atom stereocenters. The molecule has 0 amide bonds. The van der Waals surface area contributed by atoms with Crippen molar-refractivity contribution in [3.63, 3.8) is 0 Å². The molecule has 70 valence electrons. The maximum atomic E-state index is 5.13. The van der Waals surface area contributed by atoms with Gasteiger partial charge in [-0.05, 0) is 11.6 Å². The van der Waals surface area contributed by atoms with E-state index in [1.807, 2.05) is 36.4 Å². The Morgan fingerprint density at radius 2 is 1.86 bits per heavy atom. The minimum absolute atomic E-state index is 0.554. The third-order valence-corrected chi connectivity index (χ3v) is 1.96. The summed E-state index contributed by atoms with van der Waals surface area (Å²) < 4.78 is 5.13. The monoisotopic (exact) mass is 186 g/mol. The molecule has 0 N–H and O–H groups in total. The molecule has 0 saturated heterocycles. The molecule has 1 aromatic carbocycles. The van der Waals surface area contributed by atoms with Crippen LogP contribution in [0.1, 0.15) is 0 Å². The van der Waals surface area contributed by atoms with E-state index in [0.29, 0.717) is 5.88 Å². The Morgan fingerprint density at radius 1 is 1.07 bits per heavy atom. The Hall–Kier alpha value is -1.90. The molecule has 0 radical (unpaired) electrons. The van der Waals surface area contributed by atoms with Gasteiger partial charge in [-0.25, -0.2) is 0 Å². The highest BCUT2D eigenvalue weighted by Gasteiger charge is 2.05. The molecule has 0 aliphatic rings. The van der Waals surface area contributed by atoms with Gasteiger partial charge in [-0.1, -0.05) is 30.3 Å². The highest BCUT2D eigenvalue weighted by atomic mass is 16.5. The molecule has 3 nitrogen and oxygen atoms in total. The zero-order chi connectivity index (χ0) is 9.80. The van der Waals surface area contributed by atoms with E-state index < -0.39 is 0 Å². The molecule has 0 unspecified atom stereocenters. The number of hydrogen-bond acceptors (Lipinski definition) is 3. The first-order chi connectivity index (χ1) is 6.92. The van der Waals surface area contributed by atoms with Gasteiger partial charge in [-0.3, -0.25) is 0 Å². The van der Waals surface area contributed by atoms with Crippen molar-refractivity contribution in [1.82, 2.24) is 10.2 Å². The van der Waals surface area contributed by atoms with Gasteiger partial charge in [0.15, 0.2) is 0 Å². The second kappa shape index (κ2) is 3.87. The Kier molecular flexibility index (Phi) is 2.40. The van der Waals surface area contributed by atoms with Crippen LogP contribution in [0.4, 0.5) is 0 Å². The number of nitrogens with zero attached hydrogens (tertiary/aromatic N) is 2. The van der Waals surface area contributed by atoms with Crippen LogP contribution in [0.15, 0.2) is 42.6 Å². The van der Waals surface area contributed by atoms with Gasteiger partial charge in [0.2, 0.25) is 5.88 Å². The van der Waals surface area contributed by atoms with Crippen LogP contribution < -0.4 is 4.74 Å². The smallest absolute Gasteiger partial charge is 0.241 e. The predicted molar refractivity (Wildman–Crippen MR) is 54.0 cm³/mol. The quantitative estimate of drug-likeness (QED) is 0.720. The summed E-state index contributed by atoms with van der Waals surface area (Å²) in [6.07, 6.45) is 1.66. The third kappa shape index (κ3) is 1.57. The summed E-state index contributed by atoms with van der Waals surface area (Å²) in [4.78, 5) is 0. The molecule has 0 saturated carbocycles. The van der Waals surface area contributed by atoms with Crippen LogP contribution in [-0.4, -0.2) is 17.3 Å². The molecule has 14 heavy (non-hydrogen) atoms. The fourth-order valence-corrected chi connectivity index (χ4v) is 1.31. The van der Waals surface area contributed by atoms with E-state index in [0.717, 1.165) is 11.1 Å². The van der Waals surface area contributed by atoms with E-state index in [-0.39, 0.29) is 0 Å². The number of rotatable bonds is 2. The summed E-state index contributed by atoms with van der Waals surface area (Å²) in [5.41, 5.74) is 2.04. The average molecular weight is 186 g/mol. The SMILES string of the molecule is COc1nnccc1-c1ccccc1. The van der Waals surface area contributed by atoms with E-state index in [9.17, 15) is 0 Å². The van der Waals surface area contributed by atoms with Crippen LogP contribution in [0, 0.1) is 0 Å². The zero-order valence-corrected chi connectivity index (χ0v) is 7.84. The van der Waals surface area contributed by atoms with Crippen molar-refractivity contribution < 1.29 is 4.74 Å². The van der Waals surface area contributed by atoms with Gasteiger partial charge < -0.3 is 4.74 Å². The summed E-state index contributed by atoms with van der Waals surface area (Å²) >= 11 is 0. The van der Waals surface area contributed by atoms with Crippen molar-refractivity contribution in [3.05, 3.63) is 42.6 Å². The number of hydrogen-bond donors (Lipinski definition) is 0. The van der Waals surface area contributed by atoms with Crippen LogP contribution in [0.25, 0.3) is 11.1 Å². The highest BCUT2D eigenvalue weighted by molar-refractivity contribution is 5.67. The molecule has 0 spiro atoms. The van der Waals surface area contributed by atoms with Crippen molar-refractivity contribution in [2.45, 2.75) is 0 Å². The first kappa shape index (κ1) is 8.69. The Balaban J connectivity index is 2.51. The lowest BCUT2D eigenvalue weighted by atomic mass is 10.1. The van der Waals surface area contributed by atoms with Gasteiger partial charge in [0.1, 0.15) is 0 Å². The van der Waals surface area contributed by atoms with Crippen LogP contribution in [0.2, 0.25) is 0 Å². The van der Waals surface area contributed by atoms with Crippen LogP contribution in [0.5, 0.6) is 5.88 Å². The van der Waals surface area contributed by atoms with Gasteiger partial charge in [0.25, 0.3) is 0 Å². The molecular weight excluding hydrogens is 176 g/mol.